The molecule has 0 aromatic heterocycles. The fourth-order valence-corrected chi connectivity index (χ4v) is 3.27. The van der Waals surface area contributed by atoms with E-state index in [1.54, 1.807) is 0 Å². The normalized spacial score (nSPS) is 20.0. The molecule has 0 bridgehead atoms. The molecule has 0 aliphatic carbocycles. The molecule has 1 aromatic carbocycles. The van der Waals surface area contributed by atoms with Crippen LogP contribution in [0.25, 0.3) is 0 Å². The Kier molecular flexibility index (Phi) is 4.44. The molecule has 0 saturated carbocycles. The van der Waals surface area contributed by atoms with Gasteiger partial charge in [0.05, 0.1) is 6.54 Å². The van der Waals surface area contributed by atoms with E-state index in [0.29, 0.717) is 12.5 Å². The first-order valence-electron chi connectivity index (χ1n) is 8.04. The Labute approximate surface area is 127 Å². The van der Waals surface area contributed by atoms with Crippen LogP contribution in [0.5, 0.6) is 0 Å². The molecule has 0 atom stereocenters. The van der Waals surface area contributed by atoms with Gasteiger partial charge in [-0.05, 0) is 50.6 Å². The molecule has 0 spiro atoms. The molecule has 3 rings (SSSR count). The van der Waals surface area contributed by atoms with Gasteiger partial charge >= 0.3 is 0 Å². The molecule has 0 radical (unpaired) electrons. The van der Waals surface area contributed by atoms with Crippen LogP contribution in [0.15, 0.2) is 24.3 Å². The van der Waals surface area contributed by atoms with Gasteiger partial charge in [-0.25, -0.2) is 0 Å². The van der Waals surface area contributed by atoms with Crippen molar-refractivity contribution in [2.45, 2.75) is 19.8 Å². The van der Waals surface area contributed by atoms with Gasteiger partial charge in [-0.15, -0.1) is 0 Å². The number of likely N-dealkylation sites (tertiary alicyclic amines) is 1. The van der Waals surface area contributed by atoms with E-state index in [9.17, 15) is 4.79 Å². The predicted molar refractivity (Wildman–Crippen MR) is 85.6 cm³/mol. The second kappa shape index (κ2) is 6.48. The highest BCUT2D eigenvalue weighted by molar-refractivity contribution is 5.78. The molecular formula is C17H25N3O. The average molecular weight is 287 g/mol. The molecule has 21 heavy (non-hydrogen) atoms. The van der Waals surface area contributed by atoms with Gasteiger partial charge in [0.1, 0.15) is 0 Å². The quantitative estimate of drug-likeness (QED) is 0.847. The highest BCUT2D eigenvalue weighted by Gasteiger charge is 2.23. The van der Waals surface area contributed by atoms with Crippen LogP contribution in [-0.4, -0.2) is 61.5 Å². The van der Waals surface area contributed by atoms with Gasteiger partial charge in [0, 0.05) is 31.9 Å². The summed E-state index contributed by atoms with van der Waals surface area (Å²) in [6, 6.07) is 8.62. The lowest BCUT2D eigenvalue weighted by Crippen LogP contribution is -2.51. The highest BCUT2D eigenvalue weighted by Crippen LogP contribution is 2.18. The molecule has 1 aromatic rings. The maximum absolute atomic E-state index is 12.3. The number of hydrogen-bond acceptors (Lipinski definition) is 3. The molecule has 2 heterocycles. The molecule has 2 saturated heterocycles. The number of carbonyl (C=O) groups is 1. The molecule has 4 heteroatoms. The predicted octanol–water partition coefficient (Wildman–Crippen LogP) is 1.74. The minimum absolute atomic E-state index is 0.306. The van der Waals surface area contributed by atoms with Gasteiger partial charge in [0.25, 0.3) is 0 Å². The van der Waals surface area contributed by atoms with Crippen LogP contribution in [0.4, 0.5) is 5.69 Å². The number of piperazine rings is 1. The Morgan fingerprint density at radius 2 is 1.76 bits per heavy atom. The minimum atomic E-state index is 0.306. The molecule has 2 fully saturated rings. The second-order valence-electron chi connectivity index (χ2n) is 6.19. The van der Waals surface area contributed by atoms with Gasteiger partial charge in [0.2, 0.25) is 5.91 Å². The Morgan fingerprint density at radius 3 is 2.43 bits per heavy atom. The maximum Gasteiger partial charge on any atom is 0.236 e. The second-order valence-corrected chi connectivity index (χ2v) is 6.19. The van der Waals surface area contributed by atoms with E-state index in [1.165, 1.54) is 24.1 Å². The summed E-state index contributed by atoms with van der Waals surface area (Å²) in [6.45, 7) is 8.50. The summed E-state index contributed by atoms with van der Waals surface area (Å²) in [6.07, 6.45) is 2.49. The maximum atomic E-state index is 12.3. The lowest BCUT2D eigenvalue weighted by molar-refractivity contribution is -0.132. The Balaban J connectivity index is 1.51. The fourth-order valence-electron chi connectivity index (χ4n) is 3.27. The standard InChI is InChI=1S/C17H25N3O/c1-15-5-4-6-16(13-15)19-9-11-20(12-10-19)17(21)14-18-7-2-3-8-18/h4-6,13H,2-3,7-12,14H2,1H3. The van der Waals surface area contributed by atoms with Gasteiger partial charge in [0.15, 0.2) is 0 Å². The molecule has 2 aliphatic heterocycles. The molecule has 2 aliphatic rings. The van der Waals surface area contributed by atoms with Crippen LogP contribution in [0.1, 0.15) is 18.4 Å². The van der Waals surface area contributed by atoms with Crippen LogP contribution in [0.3, 0.4) is 0 Å². The SMILES string of the molecule is Cc1cccc(N2CCN(C(=O)CN3CCCC3)CC2)c1. The first-order chi connectivity index (χ1) is 10.2. The molecule has 0 N–H and O–H groups in total. The van der Waals surface area contributed by atoms with Gasteiger partial charge in [-0.2, -0.15) is 0 Å². The minimum Gasteiger partial charge on any atom is -0.368 e. The summed E-state index contributed by atoms with van der Waals surface area (Å²) in [5.74, 6) is 0.306. The molecule has 0 unspecified atom stereocenters. The zero-order chi connectivity index (χ0) is 14.7. The van der Waals surface area contributed by atoms with E-state index in [0.717, 1.165) is 39.3 Å². The molecule has 114 valence electrons. The average Bonchev–Trinajstić information content (AvgIpc) is 3.00. The number of anilines is 1. The van der Waals surface area contributed by atoms with E-state index in [2.05, 4.69) is 41.0 Å². The Hall–Kier alpha value is -1.55. The highest BCUT2D eigenvalue weighted by atomic mass is 16.2. The van der Waals surface area contributed by atoms with Crippen LogP contribution in [0, 0.1) is 6.92 Å². The number of amides is 1. The number of hydrogen-bond donors (Lipinski definition) is 0. The van der Waals surface area contributed by atoms with E-state index in [4.69, 9.17) is 0 Å². The van der Waals surface area contributed by atoms with Crippen LogP contribution in [0.2, 0.25) is 0 Å². The van der Waals surface area contributed by atoms with Crippen molar-refractivity contribution in [1.29, 1.82) is 0 Å². The van der Waals surface area contributed by atoms with E-state index in [1.807, 2.05) is 4.90 Å². The third-order valence-corrected chi connectivity index (χ3v) is 4.56. The fraction of sp³-hybridized carbons (Fsp3) is 0.588. The van der Waals surface area contributed by atoms with Crippen molar-refractivity contribution in [3.05, 3.63) is 29.8 Å². The van der Waals surface area contributed by atoms with Crippen molar-refractivity contribution < 1.29 is 4.79 Å². The lowest BCUT2D eigenvalue weighted by Gasteiger charge is -2.36. The summed E-state index contributed by atoms with van der Waals surface area (Å²) in [5.41, 5.74) is 2.57. The van der Waals surface area contributed by atoms with Crippen molar-refractivity contribution in [2.75, 3.05) is 50.7 Å². The van der Waals surface area contributed by atoms with Crippen molar-refractivity contribution >= 4 is 11.6 Å². The van der Waals surface area contributed by atoms with Crippen LogP contribution >= 0.6 is 0 Å². The van der Waals surface area contributed by atoms with Gasteiger partial charge in [-0.3, -0.25) is 9.69 Å². The summed E-state index contributed by atoms with van der Waals surface area (Å²) >= 11 is 0. The van der Waals surface area contributed by atoms with Crippen LogP contribution in [-0.2, 0) is 4.79 Å². The number of rotatable bonds is 3. The van der Waals surface area contributed by atoms with E-state index in [-0.39, 0.29) is 0 Å². The van der Waals surface area contributed by atoms with E-state index >= 15 is 0 Å². The largest absolute Gasteiger partial charge is 0.368 e. The molecule has 4 nitrogen and oxygen atoms in total. The zero-order valence-electron chi connectivity index (χ0n) is 12.9. The third kappa shape index (κ3) is 3.56. The Morgan fingerprint density at radius 1 is 1.05 bits per heavy atom. The first-order valence-corrected chi connectivity index (χ1v) is 8.04. The summed E-state index contributed by atoms with van der Waals surface area (Å²) in [5, 5.41) is 0. The number of carbonyl (C=O) groups excluding carboxylic acids is 1. The van der Waals surface area contributed by atoms with E-state index < -0.39 is 0 Å². The van der Waals surface area contributed by atoms with Crippen molar-refractivity contribution in [2.24, 2.45) is 0 Å². The number of benzene rings is 1. The Bertz CT molecular complexity index is 489. The monoisotopic (exact) mass is 287 g/mol. The van der Waals surface area contributed by atoms with Gasteiger partial charge in [-0.1, -0.05) is 12.1 Å². The number of nitrogens with zero attached hydrogens (tertiary/aromatic N) is 3. The summed E-state index contributed by atoms with van der Waals surface area (Å²) in [4.78, 5) is 19.0. The third-order valence-electron chi connectivity index (χ3n) is 4.56. The summed E-state index contributed by atoms with van der Waals surface area (Å²) in [7, 11) is 0. The van der Waals surface area contributed by atoms with Crippen LogP contribution < -0.4 is 4.90 Å². The first kappa shape index (κ1) is 14.4. The number of aryl methyl sites for hydroxylation is 1. The smallest absolute Gasteiger partial charge is 0.236 e. The molecule has 1 amide bonds. The van der Waals surface area contributed by atoms with Gasteiger partial charge < -0.3 is 9.80 Å². The zero-order valence-corrected chi connectivity index (χ0v) is 12.9. The molecular weight excluding hydrogens is 262 g/mol. The lowest BCUT2D eigenvalue weighted by atomic mass is 10.2. The van der Waals surface area contributed by atoms with Crippen molar-refractivity contribution in [3.63, 3.8) is 0 Å². The van der Waals surface area contributed by atoms with Crippen molar-refractivity contribution in [3.8, 4) is 0 Å². The van der Waals surface area contributed by atoms with Crippen molar-refractivity contribution in [1.82, 2.24) is 9.80 Å². The summed E-state index contributed by atoms with van der Waals surface area (Å²) < 4.78 is 0. The topological polar surface area (TPSA) is 26.8 Å².